The second kappa shape index (κ2) is 3.58. The number of hydrogen-bond acceptors (Lipinski definition) is 3. The van der Waals surface area contributed by atoms with Gasteiger partial charge in [-0.25, -0.2) is 0 Å². The van der Waals surface area contributed by atoms with Crippen molar-refractivity contribution < 1.29 is 4.74 Å². The minimum Gasteiger partial charge on any atom is -0.783 e. The molecule has 0 spiro atoms. The molecule has 0 aliphatic rings. The summed E-state index contributed by atoms with van der Waals surface area (Å²) in [4.78, 5) is 0. The first-order valence-electron chi connectivity index (χ1n) is 3.20. The van der Waals surface area contributed by atoms with Crippen LogP contribution in [0.4, 0.5) is 0 Å². The third-order valence-corrected chi connectivity index (χ3v) is 1.25. The molecule has 0 amide bonds. The highest BCUT2D eigenvalue weighted by Crippen LogP contribution is 2.12. The van der Waals surface area contributed by atoms with Gasteiger partial charge in [0, 0.05) is 0 Å². The third-order valence-electron chi connectivity index (χ3n) is 1.25. The molecule has 3 heteroatoms. The van der Waals surface area contributed by atoms with Gasteiger partial charge >= 0.3 is 0 Å². The Morgan fingerprint density at radius 3 is 2.30 bits per heavy atom. The van der Waals surface area contributed by atoms with Crippen molar-refractivity contribution in [2.45, 2.75) is 26.5 Å². The standard InChI is InChI=1S/C7H14NO2/c1-5-6-10-7(2,3)8(4)9/h5-6H,1-4H3/q-1/b6-5+. The van der Waals surface area contributed by atoms with E-state index in [1.807, 2.05) is 6.92 Å². The molecule has 3 nitrogen and oxygen atoms in total. The van der Waals surface area contributed by atoms with Crippen LogP contribution in [-0.4, -0.2) is 17.8 Å². The Morgan fingerprint density at radius 2 is 2.00 bits per heavy atom. The Hall–Kier alpha value is -0.540. The number of hydroxylamine groups is 2. The molecule has 0 rings (SSSR count). The number of ether oxygens (including phenoxy) is 1. The van der Waals surface area contributed by atoms with Crippen LogP contribution in [0.5, 0.6) is 0 Å². The average molecular weight is 144 g/mol. The highest BCUT2D eigenvalue weighted by molar-refractivity contribution is 4.74. The molecule has 0 fully saturated rings. The van der Waals surface area contributed by atoms with Gasteiger partial charge in [-0.3, -0.25) is 0 Å². The van der Waals surface area contributed by atoms with Crippen molar-refractivity contribution in [2.75, 3.05) is 7.05 Å². The molecule has 0 aliphatic heterocycles. The molecule has 0 atom stereocenters. The maximum Gasteiger partial charge on any atom is 0.145 e. The van der Waals surface area contributed by atoms with E-state index in [0.29, 0.717) is 0 Å². The second-order valence-electron chi connectivity index (χ2n) is 2.53. The predicted molar refractivity (Wildman–Crippen MR) is 41.1 cm³/mol. The average Bonchev–Trinajstić information content (AvgIpc) is 1.84. The van der Waals surface area contributed by atoms with Gasteiger partial charge in [-0.15, -0.1) is 0 Å². The second-order valence-corrected chi connectivity index (χ2v) is 2.53. The molecule has 0 heterocycles. The Kier molecular flexibility index (Phi) is 3.39. The minimum atomic E-state index is -0.757. The Bertz CT molecular complexity index is 119. The van der Waals surface area contributed by atoms with Gasteiger partial charge in [0.15, 0.2) is 0 Å². The molecule has 0 unspecified atom stereocenters. The molecule has 0 bridgehead atoms. The van der Waals surface area contributed by atoms with E-state index < -0.39 is 5.72 Å². The highest BCUT2D eigenvalue weighted by atomic mass is 16.6. The summed E-state index contributed by atoms with van der Waals surface area (Å²) in [5.74, 6) is 0. The van der Waals surface area contributed by atoms with E-state index in [0.717, 1.165) is 5.06 Å². The fourth-order valence-electron chi connectivity index (χ4n) is 0.309. The molecule has 10 heavy (non-hydrogen) atoms. The van der Waals surface area contributed by atoms with E-state index in [4.69, 9.17) is 4.74 Å². The topological polar surface area (TPSA) is 35.5 Å². The minimum absolute atomic E-state index is 0.757. The van der Waals surface area contributed by atoms with Gasteiger partial charge in [0.25, 0.3) is 0 Å². The lowest BCUT2D eigenvalue weighted by atomic mass is 10.3. The maximum absolute atomic E-state index is 10.7. The van der Waals surface area contributed by atoms with Crippen LogP contribution < -0.4 is 0 Å². The summed E-state index contributed by atoms with van der Waals surface area (Å²) in [6.45, 7) is 5.25. The summed E-state index contributed by atoms with van der Waals surface area (Å²) in [6.07, 6.45) is 3.25. The van der Waals surface area contributed by atoms with E-state index >= 15 is 0 Å². The van der Waals surface area contributed by atoms with Crippen molar-refractivity contribution in [1.29, 1.82) is 0 Å². The molecule has 0 saturated heterocycles. The predicted octanol–water partition coefficient (Wildman–Crippen LogP) is 1.70. The van der Waals surface area contributed by atoms with E-state index in [1.54, 1.807) is 19.9 Å². The lowest BCUT2D eigenvalue weighted by molar-refractivity contribution is -0.0481. The van der Waals surface area contributed by atoms with E-state index in [-0.39, 0.29) is 0 Å². The van der Waals surface area contributed by atoms with Crippen molar-refractivity contribution in [3.63, 3.8) is 0 Å². The Labute approximate surface area is 61.9 Å². The van der Waals surface area contributed by atoms with Crippen LogP contribution in [0.15, 0.2) is 12.3 Å². The highest BCUT2D eigenvalue weighted by Gasteiger charge is 2.15. The normalized spacial score (nSPS) is 13.0. The van der Waals surface area contributed by atoms with Gasteiger partial charge < -0.3 is 15.0 Å². The summed E-state index contributed by atoms with van der Waals surface area (Å²) in [6, 6.07) is 0. The lowest BCUT2D eigenvalue weighted by Gasteiger charge is -2.39. The fourth-order valence-corrected chi connectivity index (χ4v) is 0.309. The van der Waals surface area contributed by atoms with E-state index in [1.165, 1.54) is 13.3 Å². The molecule has 0 radical (unpaired) electrons. The molecule has 0 saturated carbocycles. The zero-order chi connectivity index (χ0) is 8.20. The van der Waals surface area contributed by atoms with Crippen molar-refractivity contribution in [3.05, 3.63) is 17.5 Å². The van der Waals surface area contributed by atoms with Crippen molar-refractivity contribution in [1.82, 2.24) is 5.06 Å². The molecule has 0 aromatic carbocycles. The van der Waals surface area contributed by atoms with Gasteiger partial charge in [-0.2, -0.15) is 0 Å². The molecule has 0 aromatic rings. The quantitative estimate of drug-likeness (QED) is 0.343. The van der Waals surface area contributed by atoms with Gasteiger partial charge in [0.1, 0.15) is 5.72 Å². The smallest absolute Gasteiger partial charge is 0.145 e. The first kappa shape index (κ1) is 9.46. The Morgan fingerprint density at radius 1 is 1.50 bits per heavy atom. The maximum atomic E-state index is 10.7. The number of allylic oxidation sites excluding steroid dienone is 1. The summed E-state index contributed by atoms with van der Waals surface area (Å²) in [7, 11) is 1.43. The van der Waals surface area contributed by atoms with E-state index in [2.05, 4.69) is 0 Å². The van der Waals surface area contributed by atoms with Crippen molar-refractivity contribution in [2.24, 2.45) is 0 Å². The molecule has 0 aromatic heterocycles. The molecular formula is C7H14NO2-. The van der Waals surface area contributed by atoms with Gasteiger partial charge in [-0.05, 0) is 27.8 Å². The van der Waals surface area contributed by atoms with Crippen molar-refractivity contribution >= 4 is 0 Å². The SMILES string of the molecule is C/C=C/OC(C)(C)N(C)[O-]. The fraction of sp³-hybridized carbons (Fsp3) is 0.714. The first-order valence-corrected chi connectivity index (χ1v) is 3.20. The van der Waals surface area contributed by atoms with Crippen LogP contribution in [0.25, 0.3) is 0 Å². The van der Waals surface area contributed by atoms with Gasteiger partial charge in [0.05, 0.1) is 6.26 Å². The third kappa shape index (κ3) is 2.85. The summed E-state index contributed by atoms with van der Waals surface area (Å²) in [5.41, 5.74) is -0.757. The zero-order valence-corrected chi connectivity index (χ0v) is 6.92. The summed E-state index contributed by atoms with van der Waals surface area (Å²) in [5, 5.41) is 11.5. The van der Waals surface area contributed by atoms with Crippen molar-refractivity contribution in [3.8, 4) is 0 Å². The van der Waals surface area contributed by atoms with Crippen LogP contribution in [0.3, 0.4) is 0 Å². The monoisotopic (exact) mass is 144 g/mol. The molecule has 0 N–H and O–H groups in total. The van der Waals surface area contributed by atoms with E-state index in [9.17, 15) is 5.21 Å². The molecule has 0 aliphatic carbocycles. The summed E-state index contributed by atoms with van der Waals surface area (Å²) >= 11 is 0. The van der Waals surface area contributed by atoms with Crippen LogP contribution in [-0.2, 0) is 4.74 Å². The van der Waals surface area contributed by atoms with Crippen LogP contribution >= 0.6 is 0 Å². The number of nitrogens with zero attached hydrogens (tertiary/aromatic N) is 1. The zero-order valence-electron chi connectivity index (χ0n) is 6.92. The Balaban J connectivity index is 3.86. The molecule has 60 valence electrons. The largest absolute Gasteiger partial charge is 0.783 e. The van der Waals surface area contributed by atoms with Gasteiger partial charge in [0.2, 0.25) is 0 Å². The van der Waals surface area contributed by atoms with Crippen LogP contribution in [0.1, 0.15) is 20.8 Å². The summed E-state index contributed by atoms with van der Waals surface area (Å²) < 4.78 is 5.07. The van der Waals surface area contributed by atoms with Crippen LogP contribution in [0.2, 0.25) is 0 Å². The van der Waals surface area contributed by atoms with Crippen LogP contribution in [0, 0.1) is 5.21 Å². The number of hydrogen-bond donors (Lipinski definition) is 0. The molecular weight excluding hydrogens is 130 g/mol. The lowest BCUT2D eigenvalue weighted by Crippen LogP contribution is -2.38. The number of rotatable bonds is 3. The van der Waals surface area contributed by atoms with Gasteiger partial charge in [-0.1, -0.05) is 6.08 Å². The first-order chi connectivity index (χ1) is 4.50.